The van der Waals surface area contributed by atoms with Crippen molar-refractivity contribution in [3.05, 3.63) is 58.4 Å². The van der Waals surface area contributed by atoms with E-state index in [-0.39, 0.29) is 6.04 Å². The van der Waals surface area contributed by atoms with Gasteiger partial charge < -0.3 is 14.4 Å². The van der Waals surface area contributed by atoms with Crippen LogP contribution < -0.4 is 0 Å². The van der Waals surface area contributed by atoms with Crippen LogP contribution in [0.3, 0.4) is 0 Å². The van der Waals surface area contributed by atoms with Crippen LogP contribution in [0, 0.1) is 0 Å². The molecular weight excluding hydrogens is 354 g/mol. The van der Waals surface area contributed by atoms with Crippen LogP contribution in [-0.4, -0.2) is 37.1 Å². The molecule has 0 aromatic heterocycles. The maximum atomic E-state index is 12.5. The molecule has 1 aliphatic carbocycles. The maximum absolute atomic E-state index is 12.5. The molecule has 2 aliphatic rings. The van der Waals surface area contributed by atoms with Gasteiger partial charge in [-0.05, 0) is 30.5 Å². The molecule has 5 nitrogen and oxygen atoms in total. The molecule has 3 rings (SSSR count). The maximum Gasteiger partial charge on any atom is 0.336 e. The van der Waals surface area contributed by atoms with Crippen LogP contribution in [0.1, 0.15) is 37.2 Å². The van der Waals surface area contributed by atoms with Crippen LogP contribution in [0.25, 0.3) is 0 Å². The van der Waals surface area contributed by atoms with E-state index in [1.165, 1.54) is 14.2 Å². The number of carbonyl (C=O) groups is 2. The third kappa shape index (κ3) is 3.63. The Labute approximate surface area is 158 Å². The van der Waals surface area contributed by atoms with Gasteiger partial charge in [-0.15, -0.1) is 0 Å². The van der Waals surface area contributed by atoms with E-state index < -0.39 is 17.9 Å². The van der Waals surface area contributed by atoms with Crippen molar-refractivity contribution >= 4 is 23.5 Å². The van der Waals surface area contributed by atoms with Gasteiger partial charge in [0.25, 0.3) is 0 Å². The quantitative estimate of drug-likeness (QED) is 0.749. The van der Waals surface area contributed by atoms with Crippen molar-refractivity contribution in [3.8, 4) is 0 Å². The van der Waals surface area contributed by atoms with Crippen LogP contribution in [0.2, 0.25) is 5.02 Å². The zero-order chi connectivity index (χ0) is 18.7. The summed E-state index contributed by atoms with van der Waals surface area (Å²) in [5, 5.41) is 0.587. The van der Waals surface area contributed by atoms with Gasteiger partial charge in [0.1, 0.15) is 0 Å². The Kier molecular flexibility index (Phi) is 5.67. The minimum absolute atomic E-state index is 0.278. The van der Waals surface area contributed by atoms with Crippen LogP contribution in [-0.2, 0) is 19.1 Å². The second-order valence-electron chi connectivity index (χ2n) is 6.52. The number of carbonyl (C=O) groups excluding carboxylic acids is 2. The highest BCUT2D eigenvalue weighted by Gasteiger charge is 2.36. The van der Waals surface area contributed by atoms with Crippen LogP contribution in [0.5, 0.6) is 0 Å². The Hall–Kier alpha value is -2.27. The van der Waals surface area contributed by atoms with Gasteiger partial charge in [-0.1, -0.05) is 36.6 Å². The van der Waals surface area contributed by atoms with E-state index in [1.54, 1.807) is 12.1 Å². The Morgan fingerprint density at radius 1 is 0.962 bits per heavy atom. The molecule has 0 bridgehead atoms. The van der Waals surface area contributed by atoms with E-state index >= 15 is 0 Å². The first-order valence-corrected chi connectivity index (χ1v) is 9.06. The summed E-state index contributed by atoms with van der Waals surface area (Å²) in [6.07, 6.45) is 7.97. The van der Waals surface area contributed by atoms with Gasteiger partial charge in [-0.3, -0.25) is 0 Å². The SMILES string of the molecule is COC(=O)C1=CN(C2CCCC2)C=C(C(=O)OC)C1c1ccc(Cl)cc1. The molecule has 0 radical (unpaired) electrons. The van der Waals surface area contributed by atoms with Gasteiger partial charge in [0.2, 0.25) is 0 Å². The van der Waals surface area contributed by atoms with Crippen molar-refractivity contribution < 1.29 is 19.1 Å². The zero-order valence-corrected chi connectivity index (χ0v) is 15.7. The van der Waals surface area contributed by atoms with E-state index in [9.17, 15) is 9.59 Å². The highest BCUT2D eigenvalue weighted by Crippen LogP contribution is 2.39. The Morgan fingerprint density at radius 3 is 1.92 bits per heavy atom. The summed E-state index contributed by atoms with van der Waals surface area (Å²) in [4.78, 5) is 27.0. The number of halogens is 1. The molecule has 0 saturated heterocycles. The number of methoxy groups -OCH3 is 2. The topological polar surface area (TPSA) is 55.8 Å². The lowest BCUT2D eigenvalue weighted by molar-refractivity contribution is -0.137. The summed E-state index contributed by atoms with van der Waals surface area (Å²) >= 11 is 5.99. The number of hydrogen-bond donors (Lipinski definition) is 0. The van der Waals surface area contributed by atoms with Gasteiger partial charge >= 0.3 is 11.9 Å². The number of ether oxygens (including phenoxy) is 2. The Balaban J connectivity index is 2.09. The second kappa shape index (κ2) is 7.96. The zero-order valence-electron chi connectivity index (χ0n) is 14.9. The molecule has 1 aromatic carbocycles. The summed E-state index contributed by atoms with van der Waals surface area (Å²) in [6, 6.07) is 7.38. The summed E-state index contributed by atoms with van der Waals surface area (Å²) < 4.78 is 10.00. The van der Waals surface area contributed by atoms with Crippen molar-refractivity contribution in [1.29, 1.82) is 0 Å². The van der Waals surface area contributed by atoms with E-state index in [0.717, 1.165) is 31.2 Å². The predicted octanol–water partition coefficient (Wildman–Crippen LogP) is 3.80. The molecule has 1 saturated carbocycles. The fourth-order valence-corrected chi connectivity index (χ4v) is 3.81. The predicted molar refractivity (Wildman–Crippen MR) is 98.5 cm³/mol. The molecule has 1 heterocycles. The van der Waals surface area contributed by atoms with Crippen LogP contribution in [0.15, 0.2) is 47.8 Å². The lowest BCUT2D eigenvalue weighted by atomic mass is 9.83. The van der Waals surface area contributed by atoms with E-state index in [0.29, 0.717) is 16.2 Å². The van der Waals surface area contributed by atoms with Crippen molar-refractivity contribution in [2.75, 3.05) is 14.2 Å². The fraction of sp³-hybridized carbons (Fsp3) is 0.400. The smallest absolute Gasteiger partial charge is 0.336 e. The van der Waals surface area contributed by atoms with Gasteiger partial charge in [0.15, 0.2) is 0 Å². The average Bonchev–Trinajstić information content (AvgIpc) is 3.21. The third-order valence-corrected chi connectivity index (χ3v) is 5.24. The van der Waals surface area contributed by atoms with Gasteiger partial charge in [0, 0.05) is 23.5 Å². The largest absolute Gasteiger partial charge is 0.466 e. The van der Waals surface area contributed by atoms with Gasteiger partial charge in [-0.2, -0.15) is 0 Å². The van der Waals surface area contributed by atoms with Crippen molar-refractivity contribution in [2.24, 2.45) is 0 Å². The van der Waals surface area contributed by atoms with Crippen molar-refractivity contribution in [2.45, 2.75) is 37.6 Å². The normalized spacial score (nSPS) is 18.3. The molecular formula is C20H22ClNO4. The van der Waals surface area contributed by atoms with Crippen molar-refractivity contribution in [3.63, 3.8) is 0 Å². The number of nitrogens with zero attached hydrogens (tertiary/aromatic N) is 1. The first kappa shape index (κ1) is 18.5. The Morgan fingerprint density at radius 2 is 1.46 bits per heavy atom. The molecule has 0 N–H and O–H groups in total. The molecule has 0 amide bonds. The van der Waals surface area contributed by atoms with E-state index in [4.69, 9.17) is 21.1 Å². The summed E-state index contributed by atoms with van der Waals surface area (Å²) in [5.74, 6) is -1.46. The summed E-state index contributed by atoms with van der Waals surface area (Å²) in [5.41, 5.74) is 1.63. The first-order chi connectivity index (χ1) is 12.5. The van der Waals surface area contributed by atoms with Gasteiger partial charge in [-0.25, -0.2) is 9.59 Å². The van der Waals surface area contributed by atoms with Gasteiger partial charge in [0.05, 0.1) is 31.3 Å². The minimum Gasteiger partial charge on any atom is -0.466 e. The Bertz CT molecular complexity index is 714. The van der Waals surface area contributed by atoms with Crippen molar-refractivity contribution in [1.82, 2.24) is 4.90 Å². The molecule has 1 aromatic rings. The second-order valence-corrected chi connectivity index (χ2v) is 6.96. The standard InChI is InChI=1S/C20H22ClNO4/c1-25-19(23)16-11-22(15-5-3-4-6-15)12-17(20(24)26-2)18(16)13-7-9-14(21)10-8-13/h7-12,15,18H,3-6H2,1-2H3. The molecule has 1 fully saturated rings. The lowest BCUT2D eigenvalue weighted by Crippen LogP contribution is -2.33. The molecule has 0 unspecified atom stereocenters. The highest BCUT2D eigenvalue weighted by atomic mass is 35.5. The molecule has 1 aliphatic heterocycles. The number of hydrogen-bond acceptors (Lipinski definition) is 5. The number of esters is 2. The summed E-state index contributed by atoms with van der Waals surface area (Å²) in [7, 11) is 2.69. The summed E-state index contributed by atoms with van der Waals surface area (Å²) in [6.45, 7) is 0. The number of benzene rings is 1. The molecule has 0 atom stereocenters. The van der Waals surface area contributed by atoms with Crippen LogP contribution >= 0.6 is 11.6 Å². The molecule has 6 heteroatoms. The van der Waals surface area contributed by atoms with E-state index in [1.807, 2.05) is 29.4 Å². The molecule has 138 valence electrons. The average molecular weight is 376 g/mol. The third-order valence-electron chi connectivity index (χ3n) is 4.99. The number of rotatable bonds is 4. The molecule has 0 spiro atoms. The molecule has 26 heavy (non-hydrogen) atoms. The lowest BCUT2D eigenvalue weighted by Gasteiger charge is -2.33. The van der Waals surface area contributed by atoms with E-state index in [2.05, 4.69) is 0 Å². The minimum atomic E-state index is -0.551. The monoisotopic (exact) mass is 375 g/mol. The first-order valence-electron chi connectivity index (χ1n) is 8.68. The highest BCUT2D eigenvalue weighted by molar-refractivity contribution is 6.30. The van der Waals surface area contributed by atoms with Crippen LogP contribution in [0.4, 0.5) is 0 Å². The fourth-order valence-electron chi connectivity index (χ4n) is 3.68.